The Bertz CT molecular complexity index is 4480. The molecule has 0 saturated carbocycles. The van der Waals surface area contributed by atoms with Gasteiger partial charge in [-0.15, -0.1) is 0 Å². The number of benzene rings is 12. The Kier molecular flexibility index (Phi) is 9.25. The zero-order valence-electron chi connectivity index (χ0n) is 41.4. The maximum Gasteiger partial charge on any atom is 0.136 e. The van der Waals surface area contributed by atoms with E-state index in [0.717, 1.165) is 56.1 Å². The first kappa shape index (κ1) is 42.5. The van der Waals surface area contributed by atoms with Crippen molar-refractivity contribution in [1.29, 1.82) is 0 Å². The van der Waals surface area contributed by atoms with Gasteiger partial charge in [-0.1, -0.05) is 200 Å². The quantitative estimate of drug-likeness (QED) is 0.171. The lowest BCUT2D eigenvalue weighted by Crippen LogP contribution is -2.29. The molecular formula is C73H46N2O. The van der Waals surface area contributed by atoms with E-state index in [4.69, 9.17) is 4.42 Å². The number of rotatable bonds is 5. The van der Waals surface area contributed by atoms with Gasteiger partial charge in [-0.3, -0.25) is 0 Å². The number of nitrogens with zero attached hydrogens (tertiary/aromatic N) is 2. The number of furan rings is 1. The van der Waals surface area contributed by atoms with E-state index in [1.165, 1.54) is 89.0 Å². The third-order valence-electron chi connectivity index (χ3n) is 16.4. The maximum atomic E-state index is 6.64. The predicted molar refractivity (Wildman–Crippen MR) is 315 cm³/mol. The molecule has 3 aliphatic rings. The minimum atomic E-state index is -0.671. The summed E-state index contributed by atoms with van der Waals surface area (Å²) in [6.45, 7) is 0. The Morgan fingerprint density at radius 1 is 0.276 bits per heavy atom. The van der Waals surface area contributed by atoms with Crippen molar-refractivity contribution in [3.63, 3.8) is 0 Å². The lowest BCUT2D eigenvalue weighted by atomic mass is 9.65. The molecule has 3 nitrogen and oxygen atoms in total. The van der Waals surface area contributed by atoms with Crippen LogP contribution < -0.4 is 9.80 Å². The smallest absolute Gasteiger partial charge is 0.136 e. The molecule has 0 N–H and O–H groups in total. The van der Waals surface area contributed by atoms with E-state index in [9.17, 15) is 0 Å². The predicted octanol–water partition coefficient (Wildman–Crippen LogP) is 19.9. The molecule has 1 atom stereocenters. The number of para-hydroxylation sites is 4. The van der Waals surface area contributed by atoms with Crippen molar-refractivity contribution in [2.75, 3.05) is 9.80 Å². The fraction of sp³-hybridized carbons (Fsp3) is 0.0137. The van der Waals surface area contributed by atoms with Crippen molar-refractivity contribution in [2.45, 2.75) is 5.41 Å². The van der Waals surface area contributed by atoms with Crippen LogP contribution in [0.2, 0.25) is 0 Å². The summed E-state index contributed by atoms with van der Waals surface area (Å²) in [5.74, 6) is 0. The monoisotopic (exact) mass is 966 g/mol. The summed E-state index contributed by atoms with van der Waals surface area (Å²) in [7, 11) is 0. The largest absolute Gasteiger partial charge is 0.456 e. The molecule has 0 amide bonds. The van der Waals surface area contributed by atoms with Crippen LogP contribution in [0.4, 0.5) is 34.1 Å². The highest BCUT2D eigenvalue weighted by Crippen LogP contribution is 2.63. The lowest BCUT2D eigenvalue weighted by Gasteiger charge is -2.36. The van der Waals surface area contributed by atoms with Crippen molar-refractivity contribution in [1.82, 2.24) is 0 Å². The van der Waals surface area contributed by atoms with Crippen LogP contribution in [0.15, 0.2) is 283 Å². The number of fused-ring (bicyclic) bond motifs is 20. The van der Waals surface area contributed by atoms with E-state index >= 15 is 0 Å². The van der Waals surface area contributed by atoms with E-state index in [0.29, 0.717) is 0 Å². The van der Waals surface area contributed by atoms with Gasteiger partial charge < -0.3 is 14.2 Å². The Morgan fingerprint density at radius 3 is 1.46 bits per heavy atom. The molecule has 0 bridgehead atoms. The highest BCUT2D eigenvalue weighted by atomic mass is 16.3. The van der Waals surface area contributed by atoms with Crippen molar-refractivity contribution < 1.29 is 4.42 Å². The Morgan fingerprint density at radius 2 is 0.750 bits per heavy atom. The van der Waals surface area contributed by atoms with Gasteiger partial charge in [-0.05, 0) is 157 Å². The van der Waals surface area contributed by atoms with E-state index in [1.54, 1.807) is 0 Å². The van der Waals surface area contributed by atoms with Crippen LogP contribution in [0.25, 0.3) is 88.7 Å². The summed E-state index contributed by atoms with van der Waals surface area (Å²) in [5.41, 5.74) is 27.2. The fourth-order valence-electron chi connectivity index (χ4n) is 13.2. The molecule has 0 radical (unpaired) electrons. The van der Waals surface area contributed by atoms with Crippen LogP contribution in [-0.2, 0) is 5.41 Å². The van der Waals surface area contributed by atoms with Crippen molar-refractivity contribution in [3.8, 4) is 66.8 Å². The molecule has 2 heterocycles. The molecule has 13 aromatic rings. The SMILES string of the molecule is c1ccc(-c2ccc(N(c3ccc4c(c3)-c3ccccc3N(c3ccccc3)c3ccccc3-4)c3ccc4c(c3)-c3ccccc3-c3ccccc3C43c4ccccc4-c4cc5oc6ccccc6c5cc43)cc2)cc1. The second kappa shape index (κ2) is 16.5. The van der Waals surface area contributed by atoms with E-state index in [1.807, 2.05) is 0 Å². The third-order valence-corrected chi connectivity index (χ3v) is 16.4. The van der Waals surface area contributed by atoms with E-state index < -0.39 is 5.41 Å². The van der Waals surface area contributed by atoms with Crippen molar-refractivity contribution in [2.24, 2.45) is 0 Å². The Hall–Kier alpha value is -9.96. The highest BCUT2D eigenvalue weighted by molar-refractivity contribution is 6.09. The molecule has 3 heteroatoms. The van der Waals surface area contributed by atoms with E-state index in [-0.39, 0.29) is 0 Å². The summed E-state index contributed by atoms with van der Waals surface area (Å²) in [5, 5.41) is 2.25. The molecule has 76 heavy (non-hydrogen) atoms. The molecule has 16 rings (SSSR count). The topological polar surface area (TPSA) is 19.6 Å². The molecule has 2 aliphatic carbocycles. The highest BCUT2D eigenvalue weighted by Gasteiger charge is 2.50. The first-order valence-corrected chi connectivity index (χ1v) is 26.2. The van der Waals surface area contributed by atoms with Gasteiger partial charge >= 0.3 is 0 Å². The summed E-state index contributed by atoms with van der Waals surface area (Å²) >= 11 is 0. The fourth-order valence-corrected chi connectivity index (χ4v) is 13.2. The average molecular weight is 967 g/mol. The van der Waals surface area contributed by atoms with Crippen LogP contribution in [0.3, 0.4) is 0 Å². The van der Waals surface area contributed by atoms with Crippen LogP contribution in [0.5, 0.6) is 0 Å². The summed E-state index contributed by atoms with van der Waals surface area (Å²) in [6, 6.07) is 103. The number of hydrogen-bond acceptors (Lipinski definition) is 3. The zero-order chi connectivity index (χ0) is 49.9. The van der Waals surface area contributed by atoms with Gasteiger partial charge in [0.1, 0.15) is 11.2 Å². The Balaban J connectivity index is 0.967. The Labute approximate surface area is 441 Å². The first-order valence-electron chi connectivity index (χ1n) is 26.2. The molecule has 12 aromatic carbocycles. The van der Waals surface area contributed by atoms with Crippen LogP contribution in [0.1, 0.15) is 22.3 Å². The van der Waals surface area contributed by atoms with Gasteiger partial charge in [-0.2, -0.15) is 0 Å². The van der Waals surface area contributed by atoms with E-state index in [2.05, 4.69) is 289 Å². The lowest BCUT2D eigenvalue weighted by molar-refractivity contribution is 0.668. The summed E-state index contributed by atoms with van der Waals surface area (Å²) in [4.78, 5) is 4.89. The van der Waals surface area contributed by atoms with Crippen LogP contribution in [-0.4, -0.2) is 0 Å². The van der Waals surface area contributed by atoms with Crippen LogP contribution in [0, 0.1) is 0 Å². The third kappa shape index (κ3) is 6.11. The maximum absolute atomic E-state index is 6.64. The van der Waals surface area contributed by atoms with Gasteiger partial charge in [0.05, 0.1) is 16.8 Å². The second-order valence-electron chi connectivity index (χ2n) is 20.3. The first-order chi connectivity index (χ1) is 37.7. The van der Waals surface area contributed by atoms with Crippen molar-refractivity contribution >= 4 is 56.1 Å². The average Bonchev–Trinajstić information content (AvgIpc) is 4.08. The molecule has 1 aliphatic heterocycles. The van der Waals surface area contributed by atoms with Gasteiger partial charge in [0, 0.05) is 44.6 Å². The molecule has 0 saturated heterocycles. The van der Waals surface area contributed by atoms with Crippen LogP contribution >= 0.6 is 0 Å². The molecule has 1 spiro atoms. The zero-order valence-corrected chi connectivity index (χ0v) is 41.4. The van der Waals surface area contributed by atoms with Gasteiger partial charge in [0.2, 0.25) is 0 Å². The van der Waals surface area contributed by atoms with Gasteiger partial charge in [0.25, 0.3) is 0 Å². The molecular weight excluding hydrogens is 921 g/mol. The minimum Gasteiger partial charge on any atom is -0.456 e. The molecule has 354 valence electrons. The standard InChI is InChI=1S/C73H46N2O/c1-3-19-47(20-4-1)48-35-37-50(38-36-48)74(51-39-41-55-58-27-11-16-32-69(58)75(49-21-5-2-6-22-49)70-33-17-12-28-59(70)61(55)43-51)52-40-42-67-62(44-52)54-24-8-7-23-53(54)56-25-9-14-30-65(56)73(67)66-31-15-10-26-57(66)63-46-72-64(45-68(63)73)60-29-13-18-34-71(60)76-72/h1-46H. The second-order valence-corrected chi connectivity index (χ2v) is 20.3. The van der Waals surface area contributed by atoms with Crippen molar-refractivity contribution in [3.05, 3.63) is 301 Å². The van der Waals surface area contributed by atoms with Gasteiger partial charge in [0.15, 0.2) is 0 Å². The minimum absolute atomic E-state index is 0.671. The molecule has 0 fully saturated rings. The number of hydrogen-bond donors (Lipinski definition) is 0. The summed E-state index contributed by atoms with van der Waals surface area (Å²) < 4.78 is 6.64. The molecule has 1 aromatic heterocycles. The summed E-state index contributed by atoms with van der Waals surface area (Å²) in [6.07, 6.45) is 0. The number of anilines is 6. The molecule has 1 unspecified atom stereocenters. The van der Waals surface area contributed by atoms with Gasteiger partial charge in [-0.25, -0.2) is 0 Å². The normalized spacial score (nSPS) is 14.3.